The van der Waals surface area contributed by atoms with Crippen molar-refractivity contribution in [1.82, 2.24) is 0 Å². The zero-order chi connectivity index (χ0) is 43.3. The summed E-state index contributed by atoms with van der Waals surface area (Å²) >= 11 is -5.08. The summed E-state index contributed by atoms with van der Waals surface area (Å²) in [7, 11) is 0. The fourth-order valence-electron chi connectivity index (χ4n) is 7.86. The molecule has 0 aromatic carbocycles. The van der Waals surface area contributed by atoms with Crippen molar-refractivity contribution in [3.05, 3.63) is 0 Å². The van der Waals surface area contributed by atoms with Gasteiger partial charge < -0.3 is 0 Å². The first kappa shape index (κ1) is 58.1. The van der Waals surface area contributed by atoms with Crippen molar-refractivity contribution in [2.75, 3.05) is 0 Å². The molecule has 0 fully saturated rings. The minimum absolute atomic E-state index is 0.193. The van der Waals surface area contributed by atoms with Gasteiger partial charge in [-0.05, 0) is 0 Å². The molecule has 0 bridgehead atoms. The molecule has 0 aromatic rings. The Hall–Kier alpha value is -0.916. The molecule has 0 rings (SSSR count). The molecule has 0 unspecified atom stereocenters. The number of carbonyl (C=O) groups is 3. The van der Waals surface area contributed by atoms with E-state index in [1.807, 2.05) is 0 Å². The zero-order valence-electron chi connectivity index (χ0n) is 40.1. The fourth-order valence-corrected chi connectivity index (χ4v) is 11.0. The SMILES string of the molecule is CCCCCCCCCCCCCCCC(=O)[O][Ti]([O]C(=O)CCCCCCCCCCCCCCC)([O]C(=O)CCCCCCCCCCCCCCC)[O]C(C)C. The van der Waals surface area contributed by atoms with E-state index in [1.54, 1.807) is 13.8 Å². The quantitative estimate of drug-likeness (QED) is 0.0444. The molecule has 0 atom stereocenters. The Bertz CT molecular complexity index is 818. The van der Waals surface area contributed by atoms with Crippen molar-refractivity contribution in [3.8, 4) is 0 Å². The molecule has 59 heavy (non-hydrogen) atoms. The third-order valence-corrected chi connectivity index (χ3v) is 15.0. The Kier molecular flexibility index (Phi) is 44.4. The summed E-state index contributed by atoms with van der Waals surface area (Å²) < 4.78 is 23.7. The Morgan fingerprint density at radius 2 is 0.475 bits per heavy atom. The van der Waals surface area contributed by atoms with Gasteiger partial charge >= 0.3 is 276 Å². The van der Waals surface area contributed by atoms with Gasteiger partial charge in [0.15, 0.2) is 0 Å². The van der Waals surface area contributed by atoms with E-state index in [4.69, 9.17) is 13.3 Å². The van der Waals surface area contributed by atoms with Crippen LogP contribution in [0.3, 0.4) is 0 Å². The van der Waals surface area contributed by atoms with Gasteiger partial charge in [-0.3, -0.25) is 0 Å². The molecule has 0 aliphatic rings. The van der Waals surface area contributed by atoms with Crippen LogP contribution in [0.15, 0.2) is 0 Å². The van der Waals surface area contributed by atoms with Crippen molar-refractivity contribution < 1.29 is 45.8 Å². The number of unbranched alkanes of at least 4 members (excludes halogenated alkanes) is 36. The molecular weight excluding hydrogens is 772 g/mol. The van der Waals surface area contributed by atoms with Gasteiger partial charge in [0.2, 0.25) is 0 Å². The van der Waals surface area contributed by atoms with Crippen molar-refractivity contribution in [3.63, 3.8) is 0 Å². The van der Waals surface area contributed by atoms with Gasteiger partial charge in [0, 0.05) is 0 Å². The summed E-state index contributed by atoms with van der Waals surface area (Å²) in [6.45, 7) is 10.4. The number of rotatable bonds is 47. The molecule has 0 aliphatic carbocycles. The van der Waals surface area contributed by atoms with Crippen LogP contribution in [0, 0.1) is 0 Å². The molecule has 0 heterocycles. The van der Waals surface area contributed by atoms with Gasteiger partial charge in [-0.1, -0.05) is 97.8 Å². The van der Waals surface area contributed by atoms with Crippen LogP contribution in [0.4, 0.5) is 0 Å². The van der Waals surface area contributed by atoms with Crippen LogP contribution in [0.25, 0.3) is 0 Å². The third kappa shape index (κ3) is 42.2. The van der Waals surface area contributed by atoms with Crippen LogP contribution >= 0.6 is 0 Å². The van der Waals surface area contributed by atoms with E-state index in [9.17, 15) is 14.4 Å². The first-order chi connectivity index (χ1) is 28.8. The summed E-state index contributed by atoms with van der Waals surface area (Å²) in [5.74, 6) is -1.51. The summed E-state index contributed by atoms with van der Waals surface area (Å²) in [6.07, 6.45) is 47.7. The van der Waals surface area contributed by atoms with Crippen LogP contribution in [0.1, 0.15) is 304 Å². The molecule has 0 aromatic heterocycles. The van der Waals surface area contributed by atoms with E-state index in [2.05, 4.69) is 20.8 Å². The van der Waals surface area contributed by atoms with Crippen LogP contribution in [0.2, 0.25) is 0 Å². The summed E-state index contributed by atoms with van der Waals surface area (Å²) in [5.41, 5.74) is 0. The van der Waals surface area contributed by atoms with E-state index in [-0.39, 0.29) is 19.3 Å². The molecule has 0 N–H and O–H groups in total. The first-order valence-electron chi connectivity index (χ1n) is 26.1. The Balaban J connectivity index is 4.84. The van der Waals surface area contributed by atoms with Crippen molar-refractivity contribution >= 4 is 17.9 Å². The second-order valence-electron chi connectivity index (χ2n) is 18.1. The third-order valence-electron chi connectivity index (χ3n) is 11.5. The van der Waals surface area contributed by atoms with E-state index >= 15 is 0 Å². The van der Waals surface area contributed by atoms with E-state index in [0.717, 1.165) is 38.5 Å². The van der Waals surface area contributed by atoms with Crippen LogP contribution in [-0.2, 0) is 45.8 Å². The zero-order valence-corrected chi connectivity index (χ0v) is 41.7. The topological polar surface area (TPSA) is 88.1 Å². The second kappa shape index (κ2) is 45.1. The number of hydrogen-bond donors (Lipinski definition) is 0. The summed E-state index contributed by atoms with van der Waals surface area (Å²) in [6, 6.07) is 0. The standard InChI is InChI=1S/3C16H32O2.C3H7O.Ti/c3*1-2-3-4-5-6-7-8-9-10-11-12-13-14-15-16(17)18;1-3(2)4;/h3*2-15H2,1H3,(H,17,18);3H,1-2H3;/q;;;-1;+4/p-3. The van der Waals surface area contributed by atoms with Crippen molar-refractivity contribution in [2.45, 2.75) is 310 Å². The Morgan fingerprint density at radius 3 is 0.644 bits per heavy atom. The fraction of sp³-hybridized carbons (Fsp3) is 0.941. The average molecular weight is 873 g/mol. The van der Waals surface area contributed by atoms with Crippen molar-refractivity contribution in [2.24, 2.45) is 0 Å². The van der Waals surface area contributed by atoms with E-state index in [1.165, 1.54) is 193 Å². The van der Waals surface area contributed by atoms with Gasteiger partial charge in [-0.2, -0.15) is 0 Å². The van der Waals surface area contributed by atoms with Crippen molar-refractivity contribution in [1.29, 1.82) is 0 Å². The van der Waals surface area contributed by atoms with Crippen LogP contribution < -0.4 is 0 Å². The Morgan fingerprint density at radius 1 is 0.305 bits per heavy atom. The molecule has 0 spiro atoms. The molecular formula is C51H100O7Ti. The maximum absolute atomic E-state index is 13.2. The molecule has 0 saturated heterocycles. The van der Waals surface area contributed by atoms with Gasteiger partial charge in [0.25, 0.3) is 0 Å². The molecule has 350 valence electrons. The van der Waals surface area contributed by atoms with Gasteiger partial charge in [-0.15, -0.1) is 0 Å². The molecule has 8 heteroatoms. The monoisotopic (exact) mass is 873 g/mol. The van der Waals surface area contributed by atoms with E-state index < -0.39 is 42.2 Å². The van der Waals surface area contributed by atoms with Gasteiger partial charge in [0.1, 0.15) is 0 Å². The van der Waals surface area contributed by atoms with Crippen LogP contribution in [0.5, 0.6) is 0 Å². The maximum atomic E-state index is 13.2. The summed E-state index contributed by atoms with van der Waals surface area (Å²) in [5, 5.41) is 0. The second-order valence-corrected chi connectivity index (χ2v) is 21.0. The summed E-state index contributed by atoms with van der Waals surface area (Å²) in [4.78, 5) is 39.7. The molecule has 0 radical (unpaired) electrons. The first-order valence-corrected chi connectivity index (χ1v) is 28.7. The number of carbonyl (C=O) groups excluding carboxylic acids is 3. The minimum atomic E-state index is -5.08. The van der Waals surface area contributed by atoms with Gasteiger partial charge in [-0.25, -0.2) is 0 Å². The Labute approximate surface area is 372 Å². The molecule has 7 nitrogen and oxygen atoms in total. The molecule has 0 amide bonds. The average Bonchev–Trinajstić information content (AvgIpc) is 3.19. The van der Waals surface area contributed by atoms with Gasteiger partial charge in [0.05, 0.1) is 0 Å². The normalized spacial score (nSPS) is 11.7. The predicted molar refractivity (Wildman–Crippen MR) is 245 cm³/mol. The predicted octanol–water partition coefficient (Wildman–Crippen LogP) is 17.3. The van der Waals surface area contributed by atoms with Crippen LogP contribution in [-0.4, -0.2) is 24.0 Å². The molecule has 0 aliphatic heterocycles. The molecule has 0 saturated carbocycles. The van der Waals surface area contributed by atoms with E-state index in [0.29, 0.717) is 19.3 Å². The number of hydrogen-bond acceptors (Lipinski definition) is 7.